The molecule has 0 bridgehead atoms. The zero-order chi connectivity index (χ0) is 49.2. The van der Waals surface area contributed by atoms with E-state index in [4.69, 9.17) is 26.7 Å². The van der Waals surface area contributed by atoms with E-state index in [0.29, 0.717) is 0 Å². The minimum absolute atomic E-state index is 0.273. The van der Waals surface area contributed by atoms with Crippen LogP contribution < -0.4 is 4.74 Å². The summed E-state index contributed by atoms with van der Waals surface area (Å²) in [6.45, 7) is 0. The van der Waals surface area contributed by atoms with Gasteiger partial charge in [0.1, 0.15) is 11.5 Å². The largest absolute Gasteiger partial charge is 0.456 e. The summed E-state index contributed by atoms with van der Waals surface area (Å²) in [7, 11) is 0. The van der Waals surface area contributed by atoms with Crippen LogP contribution >= 0.6 is 0 Å². The molecule has 9 rings (SSSR count). The molecule has 1 heterocycles. The van der Waals surface area contributed by atoms with Gasteiger partial charge in [-0.1, -0.05) is 139 Å². The van der Waals surface area contributed by atoms with Crippen LogP contribution in [0.3, 0.4) is 0 Å². The van der Waals surface area contributed by atoms with Crippen LogP contribution in [0, 0.1) is 0 Å². The number of para-hydroxylation sites is 1. The Hall–Kier alpha value is -5.66. The average molecular weight is 571 g/mol. The Bertz CT molecular complexity index is 3680. The van der Waals surface area contributed by atoms with Crippen molar-refractivity contribution < 1.29 is 37.6 Å². The molecule has 0 unspecified atom stereocenters. The molecule has 43 heavy (non-hydrogen) atoms. The fraction of sp³-hybridized carbons (Fsp3) is 0. The average Bonchev–Trinajstić information content (AvgIpc) is 3.29. The first kappa shape index (κ1) is 10.3. The van der Waals surface area contributed by atoms with Crippen molar-refractivity contribution in [3.05, 3.63) is 157 Å². The van der Waals surface area contributed by atoms with Gasteiger partial charge in [0.15, 0.2) is 0 Å². The van der Waals surface area contributed by atoms with Gasteiger partial charge in [0.05, 0.1) is 32.9 Å². The van der Waals surface area contributed by atoms with E-state index in [1.807, 2.05) is 0 Å². The summed E-state index contributed by atoms with van der Waals surface area (Å²) >= 11 is 0. The van der Waals surface area contributed by atoms with Crippen molar-refractivity contribution in [3.8, 4) is 56.0 Å². The van der Waals surface area contributed by atoms with Gasteiger partial charge in [-0.15, -0.1) is 0 Å². The molecular weight excluding hydrogens is 520 g/mol. The number of ether oxygens (including phenoxy) is 1. The molecule has 0 saturated carbocycles. The van der Waals surface area contributed by atoms with Crippen molar-refractivity contribution in [1.82, 2.24) is 0 Å². The maximum atomic E-state index is 9.68. The van der Waals surface area contributed by atoms with Gasteiger partial charge < -0.3 is 4.74 Å². The topological polar surface area (TPSA) is 9.23 Å². The molecule has 0 spiro atoms. The fourth-order valence-corrected chi connectivity index (χ4v) is 5.39. The van der Waals surface area contributed by atoms with E-state index < -0.39 is 211 Å². The van der Waals surface area contributed by atoms with E-state index in [-0.39, 0.29) is 22.3 Å². The summed E-state index contributed by atoms with van der Waals surface area (Å²) in [5.74, 6) is -0.752. The predicted molar refractivity (Wildman–Crippen MR) is 181 cm³/mol. The van der Waals surface area contributed by atoms with Crippen molar-refractivity contribution in [2.45, 2.75) is 0 Å². The van der Waals surface area contributed by atoms with Crippen molar-refractivity contribution in [3.63, 3.8) is 0 Å². The normalized spacial score (nSPS) is 19.7. The molecular formula is C42H26O. The van der Waals surface area contributed by atoms with Crippen LogP contribution in [0.4, 0.5) is 0 Å². The van der Waals surface area contributed by atoms with Crippen LogP contribution in [-0.4, -0.2) is 0 Å². The zero-order valence-electron chi connectivity index (χ0n) is 45.6. The summed E-state index contributed by atoms with van der Waals surface area (Å²) < 4.78 is 220. The second kappa shape index (κ2) is 9.44. The second-order valence-electron chi connectivity index (χ2n) is 9.41. The lowest BCUT2D eigenvalue weighted by molar-refractivity contribution is 0.487. The minimum atomic E-state index is -0.973. The molecule has 1 nitrogen and oxygen atoms in total. The zero-order valence-corrected chi connectivity index (χ0v) is 21.6. The number of rotatable bonds is 3. The number of benzene rings is 8. The predicted octanol–water partition coefficient (Wildman–Crippen LogP) is 11.9. The molecule has 0 aliphatic carbocycles. The van der Waals surface area contributed by atoms with Gasteiger partial charge in [-0.25, -0.2) is 0 Å². The monoisotopic (exact) mass is 570 g/mol. The summed E-state index contributed by atoms with van der Waals surface area (Å²) in [5, 5.41) is -3.00. The maximum Gasteiger partial charge on any atom is 0.135 e. The highest BCUT2D eigenvalue weighted by Crippen LogP contribution is 2.51. The first-order valence-electron chi connectivity index (χ1n) is 24.8. The molecule has 0 atom stereocenters. The third kappa shape index (κ3) is 3.65. The Morgan fingerprint density at radius 2 is 1.00 bits per heavy atom. The Kier molecular flexibility index (Phi) is 2.25. The first-order chi connectivity index (χ1) is 31.3. The van der Waals surface area contributed by atoms with Gasteiger partial charge in [0, 0.05) is 10.9 Å². The highest BCUT2D eigenvalue weighted by molar-refractivity contribution is 6.24. The summed E-state index contributed by atoms with van der Waals surface area (Å²) in [4.78, 5) is 0. The molecule has 0 amide bonds. The van der Waals surface area contributed by atoms with Crippen LogP contribution in [0.25, 0.3) is 76.8 Å². The van der Waals surface area contributed by atoms with Gasteiger partial charge in [0.25, 0.3) is 0 Å². The van der Waals surface area contributed by atoms with Gasteiger partial charge >= 0.3 is 0 Å². The maximum absolute atomic E-state index is 9.68. The Morgan fingerprint density at radius 1 is 0.372 bits per heavy atom. The Morgan fingerprint density at radius 3 is 1.88 bits per heavy atom. The number of hydrogen-bond acceptors (Lipinski definition) is 1. The molecule has 8 aromatic carbocycles. The van der Waals surface area contributed by atoms with Crippen molar-refractivity contribution in [1.29, 1.82) is 0 Å². The molecule has 200 valence electrons. The summed E-state index contributed by atoms with van der Waals surface area (Å²) in [6.07, 6.45) is 0. The number of fused-ring (bicyclic) bond motifs is 4. The van der Waals surface area contributed by atoms with Crippen molar-refractivity contribution in [2.24, 2.45) is 0 Å². The SMILES string of the molecule is [2H]c1cc2c(c([2H])c1[2H])-c1c([2H])c([2H])c(-c3c4c([2H])c([2H])c([2H])cc4c(-c4c([2H])c([2H])c([2H])c(-c5c([2H])c([2H])c([2H])c([2H])c5[2H])c4[2H])c4c([2H])c([2H])c([2H])c([2H])c34)c3c([2H])c([2H])c([2H])c(c13)O2. The van der Waals surface area contributed by atoms with Crippen LogP contribution in [0.1, 0.15) is 32.9 Å². The third-order valence-electron chi connectivity index (χ3n) is 7.15. The summed E-state index contributed by atoms with van der Waals surface area (Å²) in [6, 6.07) is -17.8. The highest BCUT2D eigenvalue weighted by atomic mass is 16.5. The minimum Gasteiger partial charge on any atom is -0.456 e. The highest BCUT2D eigenvalue weighted by Gasteiger charge is 2.23. The lowest BCUT2D eigenvalue weighted by Gasteiger charge is -2.24. The van der Waals surface area contributed by atoms with Crippen molar-refractivity contribution in [2.75, 3.05) is 0 Å². The summed E-state index contributed by atoms with van der Waals surface area (Å²) in [5.41, 5.74) is -4.48. The molecule has 1 heteroatoms. The van der Waals surface area contributed by atoms with E-state index in [1.54, 1.807) is 0 Å². The number of hydrogen-bond donors (Lipinski definition) is 0. The fourth-order valence-electron chi connectivity index (χ4n) is 5.39. The first-order valence-corrected chi connectivity index (χ1v) is 12.8. The second-order valence-corrected chi connectivity index (χ2v) is 9.41. The smallest absolute Gasteiger partial charge is 0.135 e. The molecule has 0 fully saturated rings. The van der Waals surface area contributed by atoms with E-state index in [1.165, 1.54) is 0 Å². The third-order valence-corrected chi connectivity index (χ3v) is 7.15. The Balaban J connectivity index is 1.60. The molecule has 8 aromatic rings. The lowest BCUT2D eigenvalue weighted by atomic mass is 9.83. The van der Waals surface area contributed by atoms with E-state index in [0.717, 1.165) is 12.1 Å². The Labute approximate surface area is 284 Å². The van der Waals surface area contributed by atoms with Crippen LogP contribution in [-0.2, 0) is 0 Å². The quantitative estimate of drug-likeness (QED) is 0.192. The van der Waals surface area contributed by atoms with Gasteiger partial charge in [-0.3, -0.25) is 0 Å². The van der Waals surface area contributed by atoms with Gasteiger partial charge in [0.2, 0.25) is 0 Å². The molecule has 1 aliphatic rings. The van der Waals surface area contributed by atoms with Crippen LogP contribution in [0.15, 0.2) is 157 Å². The molecule has 0 saturated heterocycles. The van der Waals surface area contributed by atoms with Gasteiger partial charge in [-0.2, -0.15) is 0 Å². The van der Waals surface area contributed by atoms with Crippen LogP contribution in [0.2, 0.25) is 0 Å². The molecule has 0 aromatic heterocycles. The van der Waals surface area contributed by atoms with E-state index >= 15 is 0 Å². The van der Waals surface area contributed by atoms with E-state index in [9.17, 15) is 11.0 Å². The van der Waals surface area contributed by atoms with Gasteiger partial charge in [-0.05, 0) is 84.0 Å². The van der Waals surface area contributed by atoms with E-state index in [2.05, 4.69) is 0 Å². The standard InChI is InChI=1S/C42H26O/c1-2-12-27(13-3-1)28-14-10-15-29(26-28)40-31-17-4-6-19-33(31)41(34-20-7-5-18-32(34)40)37-25-24-36-30-16-8-9-22-38(30)43-39-23-11-21-35(37)42(36)39/h1-26H/i1D,2D,3D,4D,5D,6D,7D,8D,9D,10D,11D,12D,13D,14D,15D,16D,17D,19D,20D,21D,23D,24D,25D,26D. The lowest BCUT2D eigenvalue weighted by Crippen LogP contribution is -1.98. The molecule has 0 N–H and O–H groups in total. The molecule has 1 aliphatic heterocycles. The van der Waals surface area contributed by atoms with Crippen LogP contribution in [0.5, 0.6) is 11.5 Å². The van der Waals surface area contributed by atoms with Crippen molar-refractivity contribution >= 4 is 32.3 Å². The molecule has 0 radical (unpaired) electrons.